The minimum atomic E-state index is -0.313. The molecule has 5 heteroatoms. The Morgan fingerprint density at radius 3 is 2.44 bits per heavy atom. The van der Waals surface area contributed by atoms with Crippen molar-refractivity contribution in [2.75, 3.05) is 6.54 Å². The second-order valence-corrected chi connectivity index (χ2v) is 5.06. The lowest BCUT2D eigenvalue weighted by Crippen LogP contribution is -2.37. The van der Waals surface area contributed by atoms with Crippen LogP contribution in [0.5, 0.6) is 0 Å². The smallest absolute Gasteiger partial charge is 0.144 e. The van der Waals surface area contributed by atoms with Crippen LogP contribution in [0.15, 0.2) is 5.16 Å². The third-order valence-electron chi connectivity index (χ3n) is 2.74. The number of rotatable bonds is 7. The maximum absolute atomic E-state index is 9.20. The van der Waals surface area contributed by atoms with Gasteiger partial charge in [-0.3, -0.25) is 0 Å². The van der Waals surface area contributed by atoms with Crippen molar-refractivity contribution in [1.82, 2.24) is 5.32 Å². The van der Waals surface area contributed by atoms with Crippen LogP contribution in [0, 0.1) is 5.41 Å². The molecule has 0 aromatic rings. The molecule has 5 N–H and O–H groups in total. The molecule has 0 saturated heterocycles. The number of nitrogens with one attached hydrogen (secondary N) is 1. The highest BCUT2D eigenvalue weighted by Gasteiger charge is 2.23. The molecule has 0 fully saturated rings. The molecule has 0 heterocycles. The van der Waals surface area contributed by atoms with Crippen molar-refractivity contribution in [1.29, 1.82) is 0 Å². The van der Waals surface area contributed by atoms with Gasteiger partial charge in [0.15, 0.2) is 0 Å². The second-order valence-electron chi connectivity index (χ2n) is 5.06. The fourth-order valence-electron chi connectivity index (χ4n) is 1.49. The molecule has 16 heavy (non-hydrogen) atoms. The largest absolute Gasteiger partial charge is 0.409 e. The van der Waals surface area contributed by atoms with Crippen molar-refractivity contribution in [3.8, 4) is 0 Å². The van der Waals surface area contributed by atoms with E-state index in [1.807, 2.05) is 20.8 Å². The maximum Gasteiger partial charge on any atom is 0.144 e. The summed E-state index contributed by atoms with van der Waals surface area (Å²) in [6, 6.07) is 0.267. The van der Waals surface area contributed by atoms with Gasteiger partial charge in [-0.15, -0.1) is 0 Å². The van der Waals surface area contributed by atoms with Crippen LogP contribution in [0.3, 0.4) is 0 Å². The second kappa shape index (κ2) is 6.70. The fraction of sp³-hybridized carbons (Fsp3) is 0.909. The van der Waals surface area contributed by atoms with Crippen LogP contribution in [0.4, 0.5) is 0 Å². The Kier molecular flexibility index (Phi) is 6.36. The molecule has 0 aromatic carbocycles. The lowest BCUT2D eigenvalue weighted by Gasteiger charge is -2.24. The van der Waals surface area contributed by atoms with Gasteiger partial charge in [0, 0.05) is 11.5 Å². The molecular weight excluding hydrogens is 206 g/mol. The predicted molar refractivity (Wildman–Crippen MR) is 65.6 cm³/mol. The molecule has 0 bridgehead atoms. The zero-order chi connectivity index (χ0) is 12.8. The summed E-state index contributed by atoms with van der Waals surface area (Å²) in [4.78, 5) is 0. The van der Waals surface area contributed by atoms with Crippen LogP contribution in [-0.2, 0) is 0 Å². The highest BCUT2D eigenvalue weighted by atomic mass is 16.4. The Bertz CT molecular complexity index is 227. The first kappa shape index (κ1) is 15.2. The van der Waals surface area contributed by atoms with E-state index in [-0.39, 0.29) is 23.4 Å². The summed E-state index contributed by atoms with van der Waals surface area (Å²) in [5.41, 5.74) is 5.27. The number of oxime groups is 1. The molecule has 0 amide bonds. The lowest BCUT2D eigenvalue weighted by molar-refractivity contribution is 0.170. The molecule has 2 unspecified atom stereocenters. The minimum absolute atomic E-state index is 0.248. The number of nitrogens with two attached hydrogens (primary N) is 1. The Morgan fingerprint density at radius 2 is 2.00 bits per heavy atom. The summed E-state index contributed by atoms with van der Waals surface area (Å²) in [5.74, 6) is 0.248. The van der Waals surface area contributed by atoms with E-state index in [1.165, 1.54) is 0 Å². The van der Waals surface area contributed by atoms with Gasteiger partial charge in [-0.05, 0) is 33.2 Å². The van der Waals surface area contributed by atoms with E-state index in [1.54, 1.807) is 6.92 Å². The Balaban J connectivity index is 3.89. The molecule has 0 aliphatic heterocycles. The van der Waals surface area contributed by atoms with E-state index in [0.29, 0.717) is 0 Å². The van der Waals surface area contributed by atoms with E-state index in [9.17, 15) is 5.11 Å². The summed E-state index contributed by atoms with van der Waals surface area (Å²) in [6.45, 7) is 8.45. The fourth-order valence-corrected chi connectivity index (χ4v) is 1.49. The first-order valence-corrected chi connectivity index (χ1v) is 5.69. The molecule has 0 spiro atoms. The summed E-state index contributed by atoms with van der Waals surface area (Å²) in [5, 5.41) is 24.1. The van der Waals surface area contributed by atoms with Crippen LogP contribution < -0.4 is 11.1 Å². The summed E-state index contributed by atoms with van der Waals surface area (Å²) in [7, 11) is 0. The van der Waals surface area contributed by atoms with Gasteiger partial charge >= 0.3 is 0 Å². The van der Waals surface area contributed by atoms with Gasteiger partial charge in [-0.1, -0.05) is 19.0 Å². The van der Waals surface area contributed by atoms with Gasteiger partial charge in [0.2, 0.25) is 0 Å². The minimum Gasteiger partial charge on any atom is -0.409 e. The summed E-state index contributed by atoms with van der Waals surface area (Å²) < 4.78 is 0. The SMILES string of the molecule is CC(O)CC(C)NCCC(C)(C)C(N)=NO. The molecule has 0 aliphatic carbocycles. The number of aliphatic hydroxyl groups excluding tert-OH is 1. The predicted octanol–water partition coefficient (Wildman–Crippen LogP) is 0.898. The highest BCUT2D eigenvalue weighted by Crippen LogP contribution is 2.19. The zero-order valence-electron chi connectivity index (χ0n) is 10.7. The van der Waals surface area contributed by atoms with Gasteiger partial charge in [0.1, 0.15) is 5.84 Å². The maximum atomic E-state index is 9.20. The highest BCUT2D eigenvalue weighted by molar-refractivity contribution is 5.85. The molecule has 96 valence electrons. The third kappa shape index (κ3) is 5.92. The summed E-state index contributed by atoms with van der Waals surface area (Å²) >= 11 is 0. The van der Waals surface area contributed by atoms with E-state index in [4.69, 9.17) is 10.9 Å². The standard InChI is InChI=1S/C11H25N3O2/c1-8(7-9(2)15)13-6-5-11(3,4)10(12)14-16/h8-9,13,15-16H,5-7H2,1-4H3,(H2,12,14). The van der Waals surface area contributed by atoms with Crippen molar-refractivity contribution in [2.45, 2.75) is 52.7 Å². The van der Waals surface area contributed by atoms with Crippen LogP contribution in [0.2, 0.25) is 0 Å². The number of amidine groups is 1. The van der Waals surface area contributed by atoms with E-state index >= 15 is 0 Å². The third-order valence-corrected chi connectivity index (χ3v) is 2.74. The number of hydrogen-bond donors (Lipinski definition) is 4. The Labute approximate surface area is 97.7 Å². The van der Waals surface area contributed by atoms with Crippen LogP contribution in [0.1, 0.15) is 40.5 Å². The number of aliphatic hydroxyl groups is 1. The molecule has 0 aromatic heterocycles. The molecule has 0 radical (unpaired) electrons. The van der Waals surface area contributed by atoms with E-state index in [2.05, 4.69) is 10.5 Å². The number of hydrogen-bond acceptors (Lipinski definition) is 4. The molecule has 0 saturated carbocycles. The average Bonchev–Trinajstić information content (AvgIpc) is 2.14. The Hall–Kier alpha value is -0.810. The molecular formula is C11H25N3O2. The quantitative estimate of drug-likeness (QED) is 0.227. The first-order chi connectivity index (χ1) is 7.29. The molecule has 5 nitrogen and oxygen atoms in total. The molecule has 2 atom stereocenters. The monoisotopic (exact) mass is 231 g/mol. The van der Waals surface area contributed by atoms with Crippen LogP contribution in [-0.4, -0.2) is 34.8 Å². The zero-order valence-corrected chi connectivity index (χ0v) is 10.7. The first-order valence-electron chi connectivity index (χ1n) is 5.69. The van der Waals surface area contributed by atoms with Gasteiger partial charge in [0.05, 0.1) is 6.10 Å². The lowest BCUT2D eigenvalue weighted by atomic mass is 9.88. The number of nitrogens with zero attached hydrogens (tertiary/aromatic N) is 1. The molecule has 0 aliphatic rings. The van der Waals surface area contributed by atoms with Crippen molar-refractivity contribution in [3.05, 3.63) is 0 Å². The topological polar surface area (TPSA) is 90.9 Å². The van der Waals surface area contributed by atoms with Crippen molar-refractivity contribution >= 4 is 5.84 Å². The normalized spacial score (nSPS) is 17.2. The van der Waals surface area contributed by atoms with Crippen LogP contribution >= 0.6 is 0 Å². The van der Waals surface area contributed by atoms with Crippen molar-refractivity contribution in [3.63, 3.8) is 0 Å². The summed E-state index contributed by atoms with van der Waals surface area (Å²) in [6.07, 6.45) is 1.22. The molecule has 0 rings (SSSR count). The van der Waals surface area contributed by atoms with Crippen molar-refractivity contribution in [2.24, 2.45) is 16.3 Å². The van der Waals surface area contributed by atoms with Crippen LogP contribution in [0.25, 0.3) is 0 Å². The average molecular weight is 231 g/mol. The van der Waals surface area contributed by atoms with E-state index < -0.39 is 0 Å². The van der Waals surface area contributed by atoms with Crippen molar-refractivity contribution < 1.29 is 10.3 Å². The van der Waals surface area contributed by atoms with Gasteiger partial charge in [-0.2, -0.15) is 0 Å². The van der Waals surface area contributed by atoms with Gasteiger partial charge in [0.25, 0.3) is 0 Å². The van der Waals surface area contributed by atoms with E-state index in [0.717, 1.165) is 19.4 Å². The van der Waals surface area contributed by atoms with Gasteiger partial charge in [-0.25, -0.2) is 0 Å². The van der Waals surface area contributed by atoms with Gasteiger partial charge < -0.3 is 21.4 Å². The Morgan fingerprint density at radius 1 is 1.44 bits per heavy atom.